The summed E-state index contributed by atoms with van der Waals surface area (Å²) in [6.07, 6.45) is 0.523. The predicted octanol–water partition coefficient (Wildman–Crippen LogP) is 2.11. The molecule has 0 aliphatic carbocycles. The molecule has 7 heteroatoms. The van der Waals surface area contributed by atoms with Crippen molar-refractivity contribution < 1.29 is 14.3 Å². The van der Waals surface area contributed by atoms with Crippen LogP contribution in [0, 0.1) is 0 Å². The molecule has 16 heavy (non-hydrogen) atoms. The Morgan fingerprint density at radius 3 is 2.81 bits per heavy atom. The summed E-state index contributed by atoms with van der Waals surface area (Å²) in [5.74, 6) is -0.292. The zero-order valence-corrected chi connectivity index (χ0v) is 10.2. The number of carbonyl (C=O) groups excluding carboxylic acids is 1. The van der Waals surface area contributed by atoms with E-state index in [1.165, 1.54) is 6.20 Å². The van der Waals surface area contributed by atoms with Crippen LogP contribution in [-0.4, -0.2) is 28.6 Å². The summed E-state index contributed by atoms with van der Waals surface area (Å²) in [6.45, 7) is 3.54. The average molecular weight is 265 g/mol. The van der Waals surface area contributed by atoms with E-state index in [1.54, 1.807) is 13.8 Å². The molecule has 0 spiro atoms. The average Bonchev–Trinajstić information content (AvgIpc) is 2.22. The van der Waals surface area contributed by atoms with Gasteiger partial charge in [-0.1, -0.05) is 11.6 Å². The van der Waals surface area contributed by atoms with Crippen LogP contribution in [0.5, 0.6) is 5.75 Å². The van der Waals surface area contributed by atoms with Crippen molar-refractivity contribution in [3.8, 4) is 5.75 Å². The van der Waals surface area contributed by atoms with Crippen molar-refractivity contribution in [1.29, 1.82) is 0 Å². The van der Waals surface area contributed by atoms with Gasteiger partial charge >= 0.3 is 5.97 Å². The fourth-order valence-electron chi connectivity index (χ4n) is 0.907. The number of carbonyl (C=O) groups is 1. The quantitative estimate of drug-likeness (QED) is 0.474. The second kappa shape index (κ2) is 5.86. The fourth-order valence-corrected chi connectivity index (χ4v) is 1.26. The zero-order valence-electron chi connectivity index (χ0n) is 8.74. The number of hydrogen-bond donors (Lipinski definition) is 0. The molecule has 1 aromatic heterocycles. The van der Waals surface area contributed by atoms with Gasteiger partial charge in [0.1, 0.15) is 0 Å². The molecule has 1 atom stereocenters. The Hall–Kier alpha value is -1.07. The first kappa shape index (κ1) is 13.0. The van der Waals surface area contributed by atoms with Crippen LogP contribution in [0.3, 0.4) is 0 Å². The molecule has 0 aliphatic heterocycles. The van der Waals surface area contributed by atoms with E-state index in [-0.39, 0.29) is 22.8 Å². The lowest BCUT2D eigenvalue weighted by Gasteiger charge is -2.13. The van der Waals surface area contributed by atoms with Crippen LogP contribution in [-0.2, 0) is 9.53 Å². The van der Waals surface area contributed by atoms with E-state index in [0.29, 0.717) is 0 Å². The molecule has 88 valence electrons. The number of esters is 1. The Morgan fingerprint density at radius 2 is 2.25 bits per heavy atom. The van der Waals surface area contributed by atoms with Gasteiger partial charge in [-0.15, -0.1) is 0 Å². The van der Waals surface area contributed by atoms with Crippen LogP contribution in [0.4, 0.5) is 0 Å². The summed E-state index contributed by atoms with van der Waals surface area (Å²) in [4.78, 5) is 18.6. The molecule has 0 amide bonds. The van der Waals surface area contributed by atoms with Gasteiger partial charge in [-0.05, 0) is 25.4 Å². The maximum atomic E-state index is 11.3. The first-order valence-corrected chi connectivity index (χ1v) is 5.31. The van der Waals surface area contributed by atoms with Crippen LogP contribution in [0.2, 0.25) is 10.4 Å². The van der Waals surface area contributed by atoms with E-state index in [1.807, 2.05) is 0 Å². The lowest BCUT2D eigenvalue weighted by atomic mass is 10.4. The number of ether oxygens (including phenoxy) is 2. The largest absolute Gasteiger partial charge is 0.474 e. The molecule has 0 fully saturated rings. The summed E-state index contributed by atoms with van der Waals surface area (Å²) in [5.41, 5.74) is 0. The highest BCUT2D eigenvalue weighted by atomic mass is 35.5. The third-order valence-corrected chi connectivity index (χ3v) is 2.06. The van der Waals surface area contributed by atoms with E-state index in [2.05, 4.69) is 9.97 Å². The van der Waals surface area contributed by atoms with Crippen molar-refractivity contribution in [2.24, 2.45) is 0 Å². The predicted molar refractivity (Wildman–Crippen MR) is 58.8 cm³/mol. The molecular formula is C9H10Cl2N2O3. The Kier molecular flexibility index (Phi) is 4.76. The molecule has 1 heterocycles. The molecule has 0 radical (unpaired) electrons. The third-order valence-electron chi connectivity index (χ3n) is 1.60. The monoisotopic (exact) mass is 264 g/mol. The van der Waals surface area contributed by atoms with Crippen LogP contribution in [0.25, 0.3) is 0 Å². The third kappa shape index (κ3) is 3.50. The van der Waals surface area contributed by atoms with E-state index in [0.717, 1.165) is 0 Å². The molecule has 1 aromatic rings. The van der Waals surface area contributed by atoms with Crippen LogP contribution >= 0.6 is 23.2 Å². The standard InChI is InChI=1S/C9H10Cl2N2O3/c1-3-15-8(14)5(2)16-6-4-12-9(11)13-7(6)10/h4-5H,3H2,1-2H3/t5-/m1/s1. The highest BCUT2D eigenvalue weighted by Gasteiger charge is 2.17. The van der Waals surface area contributed by atoms with E-state index in [9.17, 15) is 4.79 Å². The number of hydrogen-bond acceptors (Lipinski definition) is 5. The van der Waals surface area contributed by atoms with Gasteiger partial charge in [-0.25, -0.2) is 14.8 Å². The van der Waals surface area contributed by atoms with Crippen molar-refractivity contribution in [2.45, 2.75) is 20.0 Å². The lowest BCUT2D eigenvalue weighted by molar-refractivity contribution is -0.150. The van der Waals surface area contributed by atoms with Crippen LogP contribution < -0.4 is 4.74 Å². The maximum absolute atomic E-state index is 11.3. The second-order valence-electron chi connectivity index (χ2n) is 2.81. The van der Waals surface area contributed by atoms with Gasteiger partial charge in [-0.2, -0.15) is 0 Å². The van der Waals surface area contributed by atoms with Gasteiger partial charge in [0, 0.05) is 0 Å². The fraction of sp³-hybridized carbons (Fsp3) is 0.444. The first-order valence-electron chi connectivity index (χ1n) is 4.56. The van der Waals surface area contributed by atoms with Gasteiger partial charge in [0.05, 0.1) is 12.8 Å². The normalized spacial score (nSPS) is 12.0. The topological polar surface area (TPSA) is 61.3 Å². The van der Waals surface area contributed by atoms with Crippen molar-refractivity contribution in [3.63, 3.8) is 0 Å². The van der Waals surface area contributed by atoms with Crippen LogP contribution in [0.15, 0.2) is 6.20 Å². The second-order valence-corrected chi connectivity index (χ2v) is 3.50. The van der Waals surface area contributed by atoms with E-state index < -0.39 is 12.1 Å². The summed E-state index contributed by atoms with van der Waals surface area (Å²) in [5, 5.41) is 0.0669. The van der Waals surface area contributed by atoms with Gasteiger partial charge < -0.3 is 9.47 Å². The molecule has 0 bridgehead atoms. The minimum atomic E-state index is -0.776. The van der Waals surface area contributed by atoms with Crippen LogP contribution in [0.1, 0.15) is 13.8 Å². The molecule has 0 N–H and O–H groups in total. The first-order chi connectivity index (χ1) is 7.54. The lowest BCUT2D eigenvalue weighted by Crippen LogP contribution is -2.26. The number of aromatic nitrogens is 2. The van der Waals surface area contributed by atoms with Gasteiger partial charge in [0.2, 0.25) is 5.28 Å². The summed E-state index contributed by atoms with van der Waals surface area (Å²) in [6, 6.07) is 0. The Labute approximate surface area is 103 Å². The minimum Gasteiger partial charge on any atom is -0.474 e. The van der Waals surface area contributed by atoms with E-state index in [4.69, 9.17) is 32.7 Å². The minimum absolute atomic E-state index is 0.0149. The highest BCUT2D eigenvalue weighted by molar-refractivity contribution is 6.32. The molecule has 5 nitrogen and oxygen atoms in total. The zero-order chi connectivity index (χ0) is 12.1. The molecule has 0 aromatic carbocycles. The van der Waals surface area contributed by atoms with Gasteiger partial charge in [0.25, 0.3) is 0 Å². The van der Waals surface area contributed by atoms with Crippen molar-refractivity contribution >= 4 is 29.2 Å². The van der Waals surface area contributed by atoms with Crippen molar-refractivity contribution in [3.05, 3.63) is 16.6 Å². The van der Waals surface area contributed by atoms with E-state index >= 15 is 0 Å². The molecule has 0 unspecified atom stereocenters. The smallest absolute Gasteiger partial charge is 0.347 e. The molecule has 1 rings (SSSR count). The summed E-state index contributed by atoms with van der Waals surface area (Å²) in [7, 11) is 0. The van der Waals surface area contributed by atoms with Crippen molar-refractivity contribution in [1.82, 2.24) is 9.97 Å². The SMILES string of the molecule is CCOC(=O)[C@@H](C)Oc1cnc(Cl)nc1Cl. The number of halogens is 2. The molecule has 0 saturated carbocycles. The van der Waals surface area contributed by atoms with Crippen molar-refractivity contribution in [2.75, 3.05) is 6.61 Å². The molecule has 0 aliphatic rings. The van der Waals surface area contributed by atoms with Gasteiger partial charge in [0.15, 0.2) is 17.0 Å². The number of rotatable bonds is 4. The number of nitrogens with zero attached hydrogens (tertiary/aromatic N) is 2. The highest BCUT2D eigenvalue weighted by Crippen LogP contribution is 2.23. The molecule has 0 saturated heterocycles. The summed E-state index contributed by atoms with van der Waals surface area (Å²) >= 11 is 11.3. The summed E-state index contributed by atoms with van der Waals surface area (Å²) < 4.78 is 9.99. The Morgan fingerprint density at radius 1 is 1.56 bits per heavy atom. The molecular weight excluding hydrogens is 255 g/mol. The maximum Gasteiger partial charge on any atom is 0.347 e. The Bertz CT molecular complexity index is 387. The Balaban J connectivity index is 2.69. The van der Waals surface area contributed by atoms with Gasteiger partial charge in [-0.3, -0.25) is 0 Å².